The second-order valence-electron chi connectivity index (χ2n) is 6.79. The van der Waals surface area contributed by atoms with Crippen LogP contribution < -0.4 is 19.5 Å². The van der Waals surface area contributed by atoms with Crippen LogP contribution in [0.4, 0.5) is 5.69 Å². The van der Waals surface area contributed by atoms with Crippen molar-refractivity contribution in [3.05, 3.63) is 77.7 Å². The fourth-order valence-electron chi connectivity index (χ4n) is 3.33. The molecular weight excluding hydrogens is 424 g/mol. The first kappa shape index (κ1) is 21.4. The van der Waals surface area contributed by atoms with Crippen LogP contribution in [0, 0.1) is 0 Å². The average Bonchev–Trinajstić information content (AvgIpc) is 3.29. The number of rotatable bonds is 7. The van der Waals surface area contributed by atoms with Gasteiger partial charge in [-0.3, -0.25) is 4.79 Å². The normalized spacial score (nSPS) is 10.5. The molecule has 0 atom stereocenters. The molecule has 3 aromatic carbocycles. The summed E-state index contributed by atoms with van der Waals surface area (Å²) in [6.07, 6.45) is 0. The largest absolute Gasteiger partial charge is 0.497 e. The van der Waals surface area contributed by atoms with Crippen molar-refractivity contribution in [2.24, 2.45) is 0 Å². The van der Waals surface area contributed by atoms with Crippen molar-refractivity contribution < 1.29 is 19.0 Å². The Kier molecular flexibility index (Phi) is 6.37. The number of hydrogen-bond donors (Lipinski definition) is 1. The number of thiazole rings is 1. The molecule has 0 fully saturated rings. The van der Waals surface area contributed by atoms with Gasteiger partial charge in [0.25, 0.3) is 5.91 Å². The Morgan fingerprint density at radius 1 is 0.875 bits per heavy atom. The van der Waals surface area contributed by atoms with Gasteiger partial charge in [0.2, 0.25) is 0 Å². The summed E-state index contributed by atoms with van der Waals surface area (Å²) in [6, 6.07) is 22.5. The molecule has 0 saturated heterocycles. The van der Waals surface area contributed by atoms with Gasteiger partial charge < -0.3 is 19.5 Å². The van der Waals surface area contributed by atoms with E-state index in [2.05, 4.69) is 5.32 Å². The molecule has 1 N–H and O–H groups in total. The zero-order chi connectivity index (χ0) is 22.5. The Balaban J connectivity index is 1.80. The molecule has 1 amide bonds. The summed E-state index contributed by atoms with van der Waals surface area (Å²) in [7, 11) is 4.76. The smallest absolute Gasteiger partial charge is 0.268 e. The molecule has 0 radical (unpaired) electrons. The van der Waals surface area contributed by atoms with Crippen LogP contribution in [0.5, 0.6) is 17.2 Å². The number of nitrogens with one attached hydrogen (secondary N) is 1. The van der Waals surface area contributed by atoms with Gasteiger partial charge in [0.15, 0.2) is 11.5 Å². The van der Waals surface area contributed by atoms with Crippen molar-refractivity contribution in [2.75, 3.05) is 26.6 Å². The lowest BCUT2D eigenvalue weighted by molar-refractivity contribution is 0.103. The van der Waals surface area contributed by atoms with Gasteiger partial charge in [-0.05, 0) is 24.3 Å². The lowest BCUT2D eigenvalue weighted by Gasteiger charge is -2.10. The molecule has 7 heteroatoms. The van der Waals surface area contributed by atoms with E-state index in [-0.39, 0.29) is 5.91 Å². The van der Waals surface area contributed by atoms with E-state index in [9.17, 15) is 4.79 Å². The number of carbonyl (C=O) groups is 1. The second kappa shape index (κ2) is 9.53. The van der Waals surface area contributed by atoms with Crippen LogP contribution in [0.2, 0.25) is 0 Å². The highest BCUT2D eigenvalue weighted by atomic mass is 32.1. The third kappa shape index (κ3) is 4.29. The molecule has 4 rings (SSSR count). The third-order valence-corrected chi connectivity index (χ3v) is 5.93. The molecule has 0 aliphatic rings. The Hall–Kier alpha value is -3.84. The van der Waals surface area contributed by atoms with Crippen molar-refractivity contribution in [1.29, 1.82) is 0 Å². The van der Waals surface area contributed by atoms with Crippen molar-refractivity contribution in [3.8, 4) is 39.1 Å². The molecule has 6 nitrogen and oxygen atoms in total. The van der Waals surface area contributed by atoms with E-state index in [0.717, 1.165) is 11.1 Å². The molecule has 0 bridgehead atoms. The van der Waals surface area contributed by atoms with Crippen LogP contribution in [-0.4, -0.2) is 32.2 Å². The minimum absolute atomic E-state index is 0.247. The maximum atomic E-state index is 13.3. The van der Waals surface area contributed by atoms with E-state index >= 15 is 0 Å². The molecule has 32 heavy (non-hydrogen) atoms. The van der Waals surface area contributed by atoms with Gasteiger partial charge in [-0.2, -0.15) is 0 Å². The Morgan fingerprint density at radius 2 is 1.66 bits per heavy atom. The Bertz CT molecular complexity index is 1240. The Morgan fingerprint density at radius 3 is 2.38 bits per heavy atom. The number of ether oxygens (including phenoxy) is 3. The summed E-state index contributed by atoms with van der Waals surface area (Å²) in [6.45, 7) is 0. The maximum Gasteiger partial charge on any atom is 0.268 e. The number of carbonyl (C=O) groups excluding carboxylic acids is 1. The zero-order valence-corrected chi connectivity index (χ0v) is 18.7. The van der Waals surface area contributed by atoms with Crippen LogP contribution in [-0.2, 0) is 0 Å². The van der Waals surface area contributed by atoms with E-state index in [1.54, 1.807) is 27.4 Å². The molecule has 0 aliphatic heterocycles. The summed E-state index contributed by atoms with van der Waals surface area (Å²) >= 11 is 1.30. The molecule has 0 unspecified atom stereocenters. The van der Waals surface area contributed by atoms with E-state index in [1.807, 2.05) is 66.7 Å². The molecule has 4 aromatic rings. The molecule has 0 spiro atoms. The first-order chi connectivity index (χ1) is 15.6. The summed E-state index contributed by atoms with van der Waals surface area (Å²) < 4.78 is 16.3. The van der Waals surface area contributed by atoms with E-state index < -0.39 is 0 Å². The van der Waals surface area contributed by atoms with E-state index in [4.69, 9.17) is 19.2 Å². The number of aromatic nitrogens is 1. The maximum absolute atomic E-state index is 13.3. The molecule has 0 aliphatic carbocycles. The average molecular weight is 447 g/mol. The fraction of sp³-hybridized carbons (Fsp3) is 0.120. The van der Waals surface area contributed by atoms with Crippen LogP contribution in [0.1, 0.15) is 9.67 Å². The number of hydrogen-bond acceptors (Lipinski definition) is 6. The first-order valence-electron chi connectivity index (χ1n) is 9.87. The third-order valence-electron chi connectivity index (χ3n) is 4.84. The topological polar surface area (TPSA) is 69.7 Å². The minimum Gasteiger partial charge on any atom is -0.497 e. The quantitative estimate of drug-likeness (QED) is 0.391. The highest BCUT2D eigenvalue weighted by molar-refractivity contribution is 7.17. The highest BCUT2D eigenvalue weighted by Gasteiger charge is 2.23. The molecule has 1 heterocycles. The lowest BCUT2D eigenvalue weighted by Crippen LogP contribution is -2.11. The van der Waals surface area contributed by atoms with Gasteiger partial charge in [0, 0.05) is 17.3 Å². The van der Waals surface area contributed by atoms with Crippen LogP contribution in [0.15, 0.2) is 72.8 Å². The predicted molar refractivity (Wildman–Crippen MR) is 127 cm³/mol. The molecule has 1 aromatic heterocycles. The van der Waals surface area contributed by atoms with Crippen LogP contribution in [0.3, 0.4) is 0 Å². The van der Waals surface area contributed by atoms with Gasteiger partial charge in [-0.25, -0.2) is 4.98 Å². The summed E-state index contributed by atoms with van der Waals surface area (Å²) in [5, 5.41) is 3.62. The summed E-state index contributed by atoms with van der Waals surface area (Å²) in [5.41, 5.74) is 2.86. The SMILES string of the molecule is COc1cccc(NC(=O)c2sc(-c3cccc(OC)c3OC)nc2-c2ccccc2)c1. The van der Waals surface area contributed by atoms with Crippen LogP contribution >= 0.6 is 11.3 Å². The van der Waals surface area contributed by atoms with Gasteiger partial charge >= 0.3 is 0 Å². The summed E-state index contributed by atoms with van der Waals surface area (Å²) in [5.74, 6) is 1.59. The van der Waals surface area contributed by atoms with Crippen molar-refractivity contribution in [3.63, 3.8) is 0 Å². The number of methoxy groups -OCH3 is 3. The van der Waals surface area contributed by atoms with Crippen molar-refractivity contribution in [1.82, 2.24) is 4.98 Å². The zero-order valence-electron chi connectivity index (χ0n) is 17.9. The predicted octanol–water partition coefficient (Wildman–Crippen LogP) is 5.76. The lowest BCUT2D eigenvalue weighted by atomic mass is 10.1. The minimum atomic E-state index is -0.247. The number of benzene rings is 3. The number of anilines is 1. The monoisotopic (exact) mass is 446 g/mol. The van der Waals surface area contributed by atoms with Crippen LogP contribution in [0.25, 0.3) is 21.8 Å². The number of amides is 1. The van der Waals surface area contributed by atoms with Gasteiger partial charge in [0.05, 0.1) is 32.6 Å². The summed E-state index contributed by atoms with van der Waals surface area (Å²) in [4.78, 5) is 18.6. The number of nitrogens with zero attached hydrogens (tertiary/aromatic N) is 1. The highest BCUT2D eigenvalue weighted by Crippen LogP contribution is 2.42. The van der Waals surface area contributed by atoms with Crippen molar-refractivity contribution >= 4 is 22.9 Å². The molecule has 0 saturated carbocycles. The fourth-order valence-corrected chi connectivity index (χ4v) is 4.33. The first-order valence-corrected chi connectivity index (χ1v) is 10.7. The molecular formula is C25H22N2O4S. The van der Waals surface area contributed by atoms with Crippen molar-refractivity contribution in [2.45, 2.75) is 0 Å². The number of para-hydroxylation sites is 1. The van der Waals surface area contributed by atoms with Gasteiger partial charge in [-0.1, -0.05) is 42.5 Å². The van der Waals surface area contributed by atoms with Gasteiger partial charge in [-0.15, -0.1) is 11.3 Å². The Labute approximate surface area is 190 Å². The standard InChI is InChI=1S/C25H22N2O4S/c1-29-18-12-7-11-17(15-18)26-24(28)23-21(16-9-5-4-6-10-16)27-25(32-23)19-13-8-14-20(30-2)22(19)31-3/h4-15H,1-3H3,(H,26,28). The molecule has 162 valence electrons. The van der Waals surface area contributed by atoms with E-state index in [0.29, 0.717) is 38.5 Å². The van der Waals surface area contributed by atoms with Gasteiger partial charge in [0.1, 0.15) is 15.6 Å². The van der Waals surface area contributed by atoms with E-state index in [1.165, 1.54) is 11.3 Å². The second-order valence-corrected chi connectivity index (χ2v) is 7.79.